The number of β-amino-alcohol motifs (C(OH)–C–C–N with tert-alkyl or cyclic N) is 1. The zero-order valence-corrected chi connectivity index (χ0v) is 15.7. The van der Waals surface area contributed by atoms with Gasteiger partial charge in [-0.2, -0.15) is 0 Å². The molecule has 2 N–H and O–H groups in total. The van der Waals surface area contributed by atoms with Crippen LogP contribution in [0.1, 0.15) is 31.2 Å². The molecule has 1 amide bonds. The van der Waals surface area contributed by atoms with Gasteiger partial charge in [0.1, 0.15) is 11.5 Å². The molecule has 2 heterocycles. The Morgan fingerprint density at radius 3 is 2.38 bits per heavy atom. The predicted molar refractivity (Wildman–Crippen MR) is 99.6 cm³/mol. The monoisotopic (exact) mass is 362 g/mol. The van der Waals surface area contributed by atoms with Crippen molar-refractivity contribution in [2.75, 3.05) is 33.9 Å². The maximum atomic E-state index is 12.5. The van der Waals surface area contributed by atoms with Crippen LogP contribution in [0.25, 0.3) is 0 Å². The molecule has 0 aromatic heterocycles. The highest BCUT2D eigenvalue weighted by molar-refractivity contribution is 5.82. The summed E-state index contributed by atoms with van der Waals surface area (Å²) in [5.41, 5.74) is 1.23. The van der Waals surface area contributed by atoms with Crippen LogP contribution in [0.2, 0.25) is 0 Å². The number of carbonyl (C=O) groups is 1. The Hall–Kier alpha value is -1.79. The highest BCUT2D eigenvalue weighted by atomic mass is 16.5. The lowest BCUT2D eigenvalue weighted by Crippen LogP contribution is -2.47. The number of amides is 1. The van der Waals surface area contributed by atoms with E-state index in [0.29, 0.717) is 18.9 Å². The van der Waals surface area contributed by atoms with Gasteiger partial charge in [0, 0.05) is 25.7 Å². The second-order valence-electron chi connectivity index (χ2n) is 7.38. The van der Waals surface area contributed by atoms with Crippen LogP contribution in [0, 0.1) is 5.92 Å². The number of hydrogen-bond donors (Lipinski definition) is 2. The first kappa shape index (κ1) is 19.0. The molecule has 0 saturated carbocycles. The highest BCUT2D eigenvalue weighted by Gasteiger charge is 2.32. The standard InChI is InChI=1S/C20H30N2O4/c1-25-17-9-15(10-18(12-17)26-2)4-3-14-5-7-22(8-6-14)20(24)19-11-16(23)13-21-19/h9-10,12,14,16,19,21,23H,3-8,11,13H2,1-2H3/t16-,19-/m1/s1. The Morgan fingerprint density at radius 2 is 1.85 bits per heavy atom. The molecule has 0 bridgehead atoms. The zero-order valence-electron chi connectivity index (χ0n) is 15.7. The van der Waals surface area contributed by atoms with Crippen molar-refractivity contribution in [2.45, 2.75) is 44.2 Å². The topological polar surface area (TPSA) is 71.0 Å². The summed E-state index contributed by atoms with van der Waals surface area (Å²) in [5.74, 6) is 2.44. The number of rotatable bonds is 6. The van der Waals surface area contributed by atoms with Gasteiger partial charge in [0.05, 0.1) is 26.4 Å². The fourth-order valence-corrected chi connectivity index (χ4v) is 3.95. The van der Waals surface area contributed by atoms with E-state index in [1.807, 2.05) is 11.0 Å². The van der Waals surface area contributed by atoms with E-state index < -0.39 is 0 Å². The minimum atomic E-state index is -0.388. The van der Waals surface area contributed by atoms with Gasteiger partial charge >= 0.3 is 0 Å². The third-order valence-corrected chi connectivity index (χ3v) is 5.58. The van der Waals surface area contributed by atoms with Crippen LogP contribution < -0.4 is 14.8 Å². The van der Waals surface area contributed by atoms with Gasteiger partial charge in [0.25, 0.3) is 0 Å². The molecular weight excluding hydrogens is 332 g/mol. The SMILES string of the molecule is COc1cc(CCC2CCN(C(=O)[C@H]3C[C@@H](O)CN3)CC2)cc(OC)c1. The molecule has 2 aliphatic rings. The minimum Gasteiger partial charge on any atom is -0.497 e. The smallest absolute Gasteiger partial charge is 0.239 e. The van der Waals surface area contributed by atoms with E-state index in [9.17, 15) is 9.90 Å². The number of aliphatic hydroxyl groups is 1. The fourth-order valence-electron chi connectivity index (χ4n) is 3.95. The van der Waals surface area contributed by atoms with Crippen molar-refractivity contribution in [1.82, 2.24) is 10.2 Å². The summed E-state index contributed by atoms with van der Waals surface area (Å²) >= 11 is 0. The van der Waals surface area contributed by atoms with Gasteiger partial charge < -0.3 is 24.8 Å². The number of hydrogen-bond acceptors (Lipinski definition) is 5. The number of nitrogens with one attached hydrogen (secondary N) is 1. The molecule has 2 saturated heterocycles. The number of carbonyl (C=O) groups excluding carboxylic acids is 1. The molecule has 26 heavy (non-hydrogen) atoms. The Balaban J connectivity index is 1.46. The van der Waals surface area contributed by atoms with E-state index >= 15 is 0 Å². The first-order chi connectivity index (χ1) is 12.6. The van der Waals surface area contributed by atoms with Crippen molar-refractivity contribution in [3.8, 4) is 11.5 Å². The van der Waals surface area contributed by atoms with Gasteiger partial charge in [-0.3, -0.25) is 4.79 Å². The average Bonchev–Trinajstić information content (AvgIpc) is 3.12. The van der Waals surface area contributed by atoms with Gasteiger partial charge in [-0.25, -0.2) is 0 Å². The Morgan fingerprint density at radius 1 is 1.19 bits per heavy atom. The predicted octanol–water partition coefficient (Wildman–Crippen LogP) is 1.60. The summed E-state index contributed by atoms with van der Waals surface area (Å²) in [6.45, 7) is 2.16. The van der Waals surface area contributed by atoms with Crippen molar-refractivity contribution in [3.63, 3.8) is 0 Å². The molecule has 1 aromatic rings. The number of methoxy groups -OCH3 is 2. The molecule has 2 atom stereocenters. The van der Waals surface area contributed by atoms with Gasteiger partial charge in [-0.15, -0.1) is 0 Å². The van der Waals surface area contributed by atoms with Crippen LogP contribution >= 0.6 is 0 Å². The Kier molecular flexibility index (Phi) is 6.38. The van der Waals surface area contributed by atoms with E-state index in [1.54, 1.807) is 14.2 Å². The summed E-state index contributed by atoms with van der Waals surface area (Å²) in [6.07, 6.45) is 4.34. The quantitative estimate of drug-likeness (QED) is 0.804. The zero-order chi connectivity index (χ0) is 18.5. The van der Waals surface area contributed by atoms with Gasteiger partial charge in [-0.1, -0.05) is 0 Å². The molecule has 0 radical (unpaired) electrons. The number of aryl methyl sites for hydroxylation is 1. The van der Waals surface area contributed by atoms with Crippen LogP contribution in [0.15, 0.2) is 18.2 Å². The number of piperidine rings is 1. The lowest BCUT2D eigenvalue weighted by Gasteiger charge is -2.33. The summed E-state index contributed by atoms with van der Waals surface area (Å²) in [5, 5.41) is 12.7. The lowest BCUT2D eigenvalue weighted by molar-refractivity contribution is -0.134. The second kappa shape index (κ2) is 8.73. The number of nitrogens with zero attached hydrogens (tertiary/aromatic N) is 1. The molecule has 1 aromatic carbocycles. The van der Waals surface area contributed by atoms with E-state index in [2.05, 4.69) is 17.4 Å². The van der Waals surface area contributed by atoms with E-state index in [0.717, 1.165) is 50.3 Å². The van der Waals surface area contributed by atoms with E-state index in [1.165, 1.54) is 5.56 Å². The molecule has 0 spiro atoms. The van der Waals surface area contributed by atoms with Gasteiger partial charge in [0.15, 0.2) is 0 Å². The molecule has 0 aliphatic carbocycles. The van der Waals surface area contributed by atoms with Crippen LogP contribution in [0.4, 0.5) is 0 Å². The molecule has 2 aliphatic heterocycles. The molecule has 2 fully saturated rings. The Bertz CT molecular complexity index is 592. The molecule has 6 nitrogen and oxygen atoms in total. The first-order valence-corrected chi connectivity index (χ1v) is 9.51. The third-order valence-electron chi connectivity index (χ3n) is 5.58. The summed E-state index contributed by atoms with van der Waals surface area (Å²) in [7, 11) is 3.34. The lowest BCUT2D eigenvalue weighted by atomic mass is 9.90. The van der Waals surface area contributed by atoms with Gasteiger partial charge in [0.2, 0.25) is 5.91 Å². The van der Waals surface area contributed by atoms with E-state index in [4.69, 9.17) is 9.47 Å². The van der Waals surface area contributed by atoms with Crippen molar-refractivity contribution < 1.29 is 19.4 Å². The van der Waals surface area contributed by atoms with E-state index in [-0.39, 0.29) is 18.1 Å². The fraction of sp³-hybridized carbons (Fsp3) is 0.650. The number of likely N-dealkylation sites (tertiary alicyclic amines) is 1. The molecule has 6 heteroatoms. The number of aliphatic hydroxyl groups excluding tert-OH is 1. The summed E-state index contributed by atoms with van der Waals surface area (Å²) in [6, 6.07) is 5.82. The van der Waals surface area contributed by atoms with Crippen LogP contribution in [-0.2, 0) is 11.2 Å². The first-order valence-electron chi connectivity index (χ1n) is 9.51. The van der Waals surface area contributed by atoms with Crippen LogP contribution in [-0.4, -0.2) is 61.9 Å². The van der Waals surface area contributed by atoms with Crippen LogP contribution in [0.3, 0.4) is 0 Å². The minimum absolute atomic E-state index is 0.150. The third kappa shape index (κ3) is 4.68. The molecular formula is C20H30N2O4. The van der Waals surface area contributed by atoms with Crippen molar-refractivity contribution in [2.24, 2.45) is 5.92 Å². The molecule has 144 valence electrons. The summed E-state index contributed by atoms with van der Waals surface area (Å²) in [4.78, 5) is 14.5. The molecule has 3 rings (SSSR count). The van der Waals surface area contributed by atoms with Crippen LogP contribution in [0.5, 0.6) is 11.5 Å². The highest BCUT2D eigenvalue weighted by Crippen LogP contribution is 2.27. The maximum Gasteiger partial charge on any atom is 0.239 e. The number of benzene rings is 1. The average molecular weight is 362 g/mol. The summed E-state index contributed by atoms with van der Waals surface area (Å²) < 4.78 is 10.7. The maximum absolute atomic E-state index is 12.5. The van der Waals surface area contributed by atoms with Crippen molar-refractivity contribution in [3.05, 3.63) is 23.8 Å². The number of ether oxygens (including phenoxy) is 2. The van der Waals surface area contributed by atoms with Crippen molar-refractivity contribution >= 4 is 5.91 Å². The molecule has 0 unspecified atom stereocenters. The van der Waals surface area contributed by atoms with Gasteiger partial charge in [-0.05, 0) is 55.7 Å². The largest absolute Gasteiger partial charge is 0.497 e. The van der Waals surface area contributed by atoms with Crippen molar-refractivity contribution in [1.29, 1.82) is 0 Å². The normalized spacial score (nSPS) is 23.9. The Labute approximate surface area is 155 Å². The second-order valence-corrected chi connectivity index (χ2v) is 7.38.